The molecule has 1 saturated carbocycles. The number of hydrogen-bond acceptors (Lipinski definition) is 3. The molecular formula is C23H28I5N4P-. The number of benzene rings is 2. The molecule has 1 radical (unpaired) electrons. The number of aliphatic imine (C=N–C) groups is 1. The molecule has 4 nitrogen and oxygen atoms in total. The van der Waals surface area contributed by atoms with Crippen molar-refractivity contribution in [3.05, 3.63) is 36.0 Å². The average Bonchev–Trinajstić information content (AvgIpc) is 3.72. The van der Waals surface area contributed by atoms with Gasteiger partial charge in [-0.25, -0.2) is 0 Å². The van der Waals surface area contributed by atoms with E-state index in [-0.39, 0.29) is 42.5 Å². The molecule has 2 saturated heterocycles. The maximum absolute atomic E-state index is 6.09. The molecule has 2 atom stereocenters. The van der Waals surface area contributed by atoms with Crippen LogP contribution in [0.2, 0.25) is 0 Å². The van der Waals surface area contributed by atoms with E-state index in [1.54, 1.807) is 37.3 Å². The van der Waals surface area contributed by atoms with E-state index < -0.39 is 19.3 Å². The molecule has 2 unspecified atom stereocenters. The molecule has 2 heterocycles. The maximum atomic E-state index is 6.09. The van der Waals surface area contributed by atoms with E-state index in [1.165, 1.54) is 40.0 Å². The minimum absolute atomic E-state index is 0.134. The Kier molecular flexibility index (Phi) is 8.16. The van der Waals surface area contributed by atoms with Gasteiger partial charge in [0, 0.05) is 6.04 Å². The predicted molar refractivity (Wildman–Crippen MR) is 159 cm³/mol. The van der Waals surface area contributed by atoms with E-state index in [2.05, 4.69) is 72.8 Å². The molecule has 3 fully saturated rings. The zero-order chi connectivity index (χ0) is 22.7. The monoisotopic (exact) mass is 1030 g/mol. The second kappa shape index (κ2) is 10.6. The van der Waals surface area contributed by atoms with Crippen LogP contribution in [0.5, 0.6) is 0 Å². The molecule has 2 aliphatic heterocycles. The molecule has 0 spiro atoms. The number of nitrogens with zero attached hydrogens (tertiary/aromatic N) is 3. The molecule has 0 bridgehead atoms. The van der Waals surface area contributed by atoms with E-state index in [0.717, 1.165) is 12.8 Å². The first kappa shape index (κ1) is 25.3. The Morgan fingerprint density at radius 3 is 2.58 bits per heavy atom. The third kappa shape index (κ3) is 5.44. The summed E-state index contributed by atoms with van der Waals surface area (Å²) in [5, 5.41) is 3.18. The van der Waals surface area contributed by atoms with Gasteiger partial charge in [-0.2, -0.15) is 0 Å². The fourth-order valence-corrected chi connectivity index (χ4v) is 21.2. The summed E-state index contributed by atoms with van der Waals surface area (Å²) in [4.78, 5) is 5.10. The van der Waals surface area contributed by atoms with Crippen LogP contribution in [0.4, 0.5) is 5.69 Å². The van der Waals surface area contributed by atoms with Crippen LogP contribution >= 0.6 is 69.1 Å². The van der Waals surface area contributed by atoms with Gasteiger partial charge in [0.1, 0.15) is 0 Å². The third-order valence-corrected chi connectivity index (χ3v) is 23.1. The summed E-state index contributed by atoms with van der Waals surface area (Å²) in [5.74, 6) is 0. The van der Waals surface area contributed by atoms with Crippen molar-refractivity contribution in [2.24, 2.45) is 10.7 Å². The third-order valence-electron chi connectivity index (χ3n) is 7.01. The van der Waals surface area contributed by atoms with Gasteiger partial charge in [0.25, 0.3) is 0 Å². The number of nitrogens with two attached hydrogens (primary N) is 1. The van der Waals surface area contributed by atoms with Crippen LogP contribution in [0.25, 0.3) is 10.8 Å². The van der Waals surface area contributed by atoms with Gasteiger partial charge in [-0.05, 0) is 12.8 Å². The van der Waals surface area contributed by atoms with E-state index >= 15 is 0 Å². The van der Waals surface area contributed by atoms with Crippen LogP contribution in [0.1, 0.15) is 42.4 Å². The summed E-state index contributed by atoms with van der Waals surface area (Å²) in [6.45, 7) is 2.44. The number of fused-ring (bicyclic) bond motifs is 2. The normalized spacial score (nSPS) is 29.3. The Balaban J connectivity index is 1.26. The number of hydrogen-bond donors (Lipinski definition) is 1. The van der Waals surface area contributed by atoms with Crippen LogP contribution in [-0.2, 0) is 12.8 Å². The molecule has 33 heavy (non-hydrogen) atoms. The summed E-state index contributed by atoms with van der Waals surface area (Å²) in [7, 11) is 0. The van der Waals surface area contributed by atoms with Gasteiger partial charge >= 0.3 is 233 Å². The van der Waals surface area contributed by atoms with Gasteiger partial charge in [0.2, 0.25) is 0 Å². The molecule has 2 aliphatic carbocycles. The minimum atomic E-state index is -0.840. The molecule has 6 rings (SSSR count). The molecular weight excluding hydrogens is 998 g/mol. The summed E-state index contributed by atoms with van der Waals surface area (Å²) >= 11 is 4.52. The topological polar surface area (TPSA) is 44.4 Å². The average molecular weight is 1030 g/mol. The molecule has 181 valence electrons. The Morgan fingerprint density at radius 1 is 1.27 bits per heavy atom. The Bertz CT molecular complexity index is 1170. The fraction of sp³-hybridized carbons (Fsp3) is 0.522. The molecule has 0 aromatic heterocycles. The quantitative estimate of drug-likeness (QED) is 0.0886. The van der Waals surface area contributed by atoms with Crippen molar-refractivity contribution >= 4 is 89.8 Å². The first-order valence-corrected chi connectivity index (χ1v) is 25.1. The second-order valence-corrected chi connectivity index (χ2v) is 29.2. The van der Waals surface area contributed by atoms with Crippen molar-refractivity contribution in [1.82, 2.24) is 0 Å². The molecule has 4 aliphatic rings. The van der Waals surface area contributed by atoms with Crippen LogP contribution in [0.3, 0.4) is 0 Å². The molecule has 2 aromatic rings. The van der Waals surface area contributed by atoms with E-state index in [4.69, 9.17) is 10.7 Å². The summed E-state index contributed by atoms with van der Waals surface area (Å²) in [5.41, 5.74) is 12.5. The van der Waals surface area contributed by atoms with Crippen molar-refractivity contribution in [3.63, 3.8) is 0 Å². The van der Waals surface area contributed by atoms with Crippen LogP contribution in [0.15, 0.2) is 17.1 Å². The Hall–Kier alpha value is 2.01. The van der Waals surface area contributed by atoms with E-state index in [9.17, 15) is 0 Å². The molecule has 2 N–H and O–H groups in total. The first-order chi connectivity index (χ1) is 16.0. The van der Waals surface area contributed by atoms with Crippen molar-refractivity contribution in [1.29, 1.82) is 0 Å². The van der Waals surface area contributed by atoms with Gasteiger partial charge in [0.15, 0.2) is 0 Å². The van der Waals surface area contributed by atoms with E-state index in [0.29, 0.717) is 18.1 Å². The summed E-state index contributed by atoms with van der Waals surface area (Å²) in [6, 6.07) is 6.77. The zero-order valence-electron chi connectivity index (χ0n) is 18.4. The van der Waals surface area contributed by atoms with Gasteiger partial charge in [-0.15, -0.1) is 0 Å². The van der Waals surface area contributed by atoms with Gasteiger partial charge in [0.05, 0.1) is 0 Å². The first-order valence-electron chi connectivity index (χ1n) is 11.4. The van der Waals surface area contributed by atoms with Gasteiger partial charge in [-0.3, -0.25) is 0 Å². The van der Waals surface area contributed by atoms with Crippen LogP contribution in [0, 0.1) is 14.1 Å². The standard InChI is InChI=1S/C23H28I5N4P/c1-13-22(28-12-33-28)20-9-15-7-17(30-10-26-32(25)18-4-2-16(29)3-5-18)6-14(15)8-19(20)21(24)23(13)31-11-27-31/h8-10,16-18,33H,2-7,11-12,29H2,1H3/q-1. The fourth-order valence-electron chi connectivity index (χ4n) is 5.13. The second-order valence-electron chi connectivity index (χ2n) is 9.23. The Labute approximate surface area is 253 Å². The van der Waals surface area contributed by atoms with Crippen molar-refractivity contribution in [3.8, 4) is 0 Å². The van der Waals surface area contributed by atoms with E-state index in [1.807, 2.05) is 3.57 Å². The van der Waals surface area contributed by atoms with Crippen molar-refractivity contribution in [2.45, 2.75) is 63.6 Å². The number of alkyl halides is 2. The molecule has 10 heteroatoms. The number of rotatable bonds is 5. The Morgan fingerprint density at radius 2 is 1.94 bits per heavy atom. The zero-order valence-corrected chi connectivity index (χ0v) is 30.2. The molecule has 2 aromatic carbocycles. The predicted octanol–water partition coefficient (Wildman–Crippen LogP) is 0.175. The van der Waals surface area contributed by atoms with Gasteiger partial charge < -0.3 is 5.73 Å². The molecule has 0 amide bonds. The van der Waals surface area contributed by atoms with Crippen molar-refractivity contribution in [2.75, 3.05) is 11.8 Å². The van der Waals surface area contributed by atoms with Crippen LogP contribution in [-0.4, -0.2) is 32.0 Å². The number of anilines is 1. The summed E-state index contributed by atoms with van der Waals surface area (Å²) < 4.78 is 13.8. The SMILES string of the molecule is Cc1c(N2C[I-]2)c(I)c2cc3c(cc2c1I1CP1)CC(N=CI=[N+]([I-])C1CCC(N)CC1)C3. The van der Waals surface area contributed by atoms with Crippen molar-refractivity contribution < 1.29 is 45.3 Å². The summed E-state index contributed by atoms with van der Waals surface area (Å²) in [6.07, 6.45) is 8.42. The van der Waals surface area contributed by atoms with Gasteiger partial charge in [-0.1, -0.05) is 0 Å². The number of halogens is 5. The van der Waals surface area contributed by atoms with Crippen LogP contribution < -0.4 is 53.2 Å².